The summed E-state index contributed by atoms with van der Waals surface area (Å²) < 4.78 is 36.9. The van der Waals surface area contributed by atoms with Gasteiger partial charge in [-0.1, -0.05) is 13.3 Å². The van der Waals surface area contributed by atoms with Crippen LogP contribution < -0.4 is 10.6 Å². The quantitative estimate of drug-likeness (QED) is 0.478. The monoisotopic (exact) mass is 420 g/mol. The van der Waals surface area contributed by atoms with Gasteiger partial charge in [0.2, 0.25) is 10.0 Å². The molecule has 3 atom stereocenters. The molecule has 0 spiro atoms. The molecule has 9 heteroatoms. The van der Waals surface area contributed by atoms with Crippen LogP contribution in [0.15, 0.2) is 4.99 Å². The second-order valence-electron chi connectivity index (χ2n) is 7.62. The first-order valence-electron chi connectivity index (χ1n) is 10.2. The summed E-state index contributed by atoms with van der Waals surface area (Å²) in [4.78, 5) is 4.76. The van der Waals surface area contributed by atoms with Gasteiger partial charge in [0.05, 0.1) is 6.26 Å². The van der Waals surface area contributed by atoms with Crippen molar-refractivity contribution in [2.45, 2.75) is 63.7 Å². The predicted octanol–water partition coefficient (Wildman–Crippen LogP) is 1.29. The van der Waals surface area contributed by atoms with E-state index in [2.05, 4.69) is 17.6 Å². The summed E-state index contributed by atoms with van der Waals surface area (Å²) in [6.45, 7) is 6.75. The molecule has 1 saturated heterocycles. The minimum Gasteiger partial charge on any atom is -0.357 e. The van der Waals surface area contributed by atoms with Crippen molar-refractivity contribution < 1.29 is 12.6 Å². The highest BCUT2D eigenvalue weighted by Gasteiger charge is 2.27. The molecule has 27 heavy (non-hydrogen) atoms. The van der Waals surface area contributed by atoms with Gasteiger partial charge < -0.3 is 10.6 Å². The van der Waals surface area contributed by atoms with Gasteiger partial charge in [0.1, 0.15) is 0 Å². The van der Waals surface area contributed by atoms with Crippen molar-refractivity contribution >= 4 is 26.8 Å². The Labute approximate surface area is 167 Å². The van der Waals surface area contributed by atoms with Crippen LogP contribution in [-0.2, 0) is 20.8 Å². The van der Waals surface area contributed by atoms with Crippen LogP contribution in [0.5, 0.6) is 0 Å². The third-order valence-corrected chi connectivity index (χ3v) is 8.56. The van der Waals surface area contributed by atoms with Gasteiger partial charge in [-0.3, -0.25) is 9.20 Å². The van der Waals surface area contributed by atoms with Crippen molar-refractivity contribution in [1.82, 2.24) is 14.9 Å². The van der Waals surface area contributed by atoms with Crippen molar-refractivity contribution in [1.29, 1.82) is 0 Å². The lowest BCUT2D eigenvalue weighted by Gasteiger charge is -2.31. The van der Waals surface area contributed by atoms with Gasteiger partial charge in [-0.15, -0.1) is 0 Å². The van der Waals surface area contributed by atoms with Crippen molar-refractivity contribution in [2.75, 3.05) is 38.2 Å². The minimum atomic E-state index is -3.08. The van der Waals surface area contributed by atoms with Gasteiger partial charge in [0.25, 0.3) is 0 Å². The number of rotatable bonds is 7. The first-order valence-corrected chi connectivity index (χ1v) is 13.4. The van der Waals surface area contributed by atoms with E-state index in [1.807, 2.05) is 6.92 Å². The molecule has 0 aromatic rings. The fourth-order valence-electron chi connectivity index (χ4n) is 3.91. The van der Waals surface area contributed by atoms with Crippen LogP contribution in [0.3, 0.4) is 0 Å². The number of sulfonamides is 1. The van der Waals surface area contributed by atoms with E-state index in [0.29, 0.717) is 36.8 Å². The third-order valence-electron chi connectivity index (χ3n) is 5.52. The van der Waals surface area contributed by atoms with Crippen molar-refractivity contribution in [3.8, 4) is 0 Å². The summed E-state index contributed by atoms with van der Waals surface area (Å²) in [6, 6.07) is 0.323. The molecule has 7 nitrogen and oxygen atoms in total. The second-order valence-corrected chi connectivity index (χ2v) is 11.6. The van der Waals surface area contributed by atoms with Crippen LogP contribution in [0.1, 0.15) is 52.4 Å². The molecule has 0 aromatic heterocycles. The maximum atomic E-state index is 12.1. The van der Waals surface area contributed by atoms with Crippen LogP contribution in [0.25, 0.3) is 0 Å². The molecular formula is C18H36N4O3S2. The van der Waals surface area contributed by atoms with Crippen molar-refractivity contribution in [3.63, 3.8) is 0 Å². The molecule has 1 heterocycles. The van der Waals surface area contributed by atoms with Gasteiger partial charge >= 0.3 is 0 Å². The summed E-state index contributed by atoms with van der Waals surface area (Å²) in [5.41, 5.74) is 0. The van der Waals surface area contributed by atoms with Gasteiger partial charge in [-0.2, -0.15) is 0 Å². The summed E-state index contributed by atoms with van der Waals surface area (Å²) in [5.74, 6) is 1.98. The topological polar surface area (TPSA) is 90.9 Å². The Bertz CT molecular complexity index is 616. The normalized spacial score (nSPS) is 27.3. The van der Waals surface area contributed by atoms with Crippen molar-refractivity contribution in [3.05, 3.63) is 0 Å². The number of guanidine groups is 1. The first kappa shape index (κ1) is 22.6. The average Bonchev–Trinajstić information content (AvgIpc) is 2.65. The van der Waals surface area contributed by atoms with Gasteiger partial charge in [-0.05, 0) is 44.9 Å². The molecule has 1 aliphatic carbocycles. The number of hydrogen-bond donors (Lipinski definition) is 2. The molecule has 0 radical (unpaired) electrons. The smallest absolute Gasteiger partial charge is 0.211 e. The highest BCUT2D eigenvalue weighted by Crippen LogP contribution is 2.23. The summed E-state index contributed by atoms with van der Waals surface area (Å²) >= 11 is 0. The summed E-state index contributed by atoms with van der Waals surface area (Å²) in [7, 11) is -3.80. The number of hydrogen-bond acceptors (Lipinski definition) is 4. The highest BCUT2D eigenvalue weighted by atomic mass is 32.2. The molecule has 1 saturated carbocycles. The van der Waals surface area contributed by atoms with Crippen LogP contribution in [-0.4, -0.2) is 72.4 Å². The Morgan fingerprint density at radius 3 is 2.48 bits per heavy atom. The molecule has 0 amide bonds. The summed E-state index contributed by atoms with van der Waals surface area (Å²) in [6.07, 6.45) is 7.20. The molecule has 2 rings (SSSR count). The minimum absolute atomic E-state index is 0.296. The highest BCUT2D eigenvalue weighted by molar-refractivity contribution is 7.88. The van der Waals surface area contributed by atoms with E-state index in [9.17, 15) is 12.6 Å². The Balaban J connectivity index is 1.86. The van der Waals surface area contributed by atoms with Gasteiger partial charge in [0, 0.05) is 54.0 Å². The fraction of sp³-hybridized carbons (Fsp3) is 0.944. The SMILES string of the molecule is CCNC(=NCC1CCN(S(C)(=O)=O)CC1)NC1CCCC(S(=O)CC)C1. The van der Waals surface area contributed by atoms with E-state index in [4.69, 9.17) is 4.99 Å². The van der Waals surface area contributed by atoms with E-state index in [0.717, 1.165) is 56.8 Å². The zero-order chi connectivity index (χ0) is 19.9. The van der Waals surface area contributed by atoms with E-state index in [1.165, 1.54) is 6.26 Å². The van der Waals surface area contributed by atoms with E-state index in [1.54, 1.807) is 4.31 Å². The third kappa shape index (κ3) is 7.34. The molecule has 1 aliphatic heterocycles. The zero-order valence-corrected chi connectivity index (χ0v) is 18.6. The molecule has 0 aromatic carbocycles. The van der Waals surface area contributed by atoms with E-state index in [-0.39, 0.29) is 0 Å². The largest absolute Gasteiger partial charge is 0.357 e. The van der Waals surface area contributed by atoms with Crippen LogP contribution in [0, 0.1) is 5.92 Å². The van der Waals surface area contributed by atoms with Crippen LogP contribution in [0.4, 0.5) is 0 Å². The Morgan fingerprint density at radius 1 is 1.19 bits per heavy atom. The fourth-order valence-corrected chi connectivity index (χ4v) is 6.13. The van der Waals surface area contributed by atoms with E-state index < -0.39 is 20.8 Å². The van der Waals surface area contributed by atoms with Crippen molar-refractivity contribution in [2.24, 2.45) is 10.9 Å². The average molecular weight is 421 g/mol. The van der Waals surface area contributed by atoms with E-state index >= 15 is 0 Å². The van der Waals surface area contributed by atoms with Crippen LogP contribution in [0.2, 0.25) is 0 Å². The first-order chi connectivity index (χ1) is 12.8. The molecule has 3 unspecified atom stereocenters. The number of aliphatic imine (C=N–C) groups is 1. The van der Waals surface area contributed by atoms with Crippen LogP contribution >= 0.6 is 0 Å². The van der Waals surface area contributed by atoms with Gasteiger partial charge in [0.15, 0.2) is 5.96 Å². The summed E-state index contributed by atoms with van der Waals surface area (Å²) in [5, 5.41) is 7.15. The predicted molar refractivity (Wildman–Crippen MR) is 113 cm³/mol. The Hall–Kier alpha value is -0.670. The number of nitrogens with one attached hydrogen (secondary N) is 2. The number of piperidine rings is 1. The molecule has 2 N–H and O–H groups in total. The molecular weight excluding hydrogens is 384 g/mol. The number of nitrogens with zero attached hydrogens (tertiary/aromatic N) is 2. The lowest BCUT2D eigenvalue weighted by molar-refractivity contribution is 0.280. The molecule has 2 fully saturated rings. The zero-order valence-electron chi connectivity index (χ0n) is 16.9. The lowest BCUT2D eigenvalue weighted by atomic mass is 9.95. The Kier molecular flexibility index (Phi) is 9.01. The molecule has 2 aliphatic rings. The van der Waals surface area contributed by atoms with Gasteiger partial charge in [-0.25, -0.2) is 12.7 Å². The Morgan fingerprint density at radius 2 is 1.89 bits per heavy atom. The molecule has 158 valence electrons. The maximum absolute atomic E-state index is 12.1. The second kappa shape index (κ2) is 10.8. The molecule has 0 bridgehead atoms. The maximum Gasteiger partial charge on any atom is 0.211 e. The lowest BCUT2D eigenvalue weighted by Crippen LogP contribution is -2.47. The standard InChI is InChI=1S/C18H36N4O3S2/c1-4-19-18(21-16-7-6-8-17(13-16)26(23)5-2)20-14-15-9-11-22(12-10-15)27(3,24)25/h15-17H,4-14H2,1-3H3,(H2,19,20,21).